The minimum absolute atomic E-state index is 0.170. The van der Waals surface area contributed by atoms with E-state index in [2.05, 4.69) is 0 Å². The van der Waals surface area contributed by atoms with E-state index in [1.165, 1.54) is 0 Å². The lowest BCUT2D eigenvalue weighted by Crippen LogP contribution is -1.93. The van der Waals surface area contributed by atoms with E-state index in [-0.39, 0.29) is 5.78 Å². The van der Waals surface area contributed by atoms with Crippen LogP contribution in [-0.4, -0.2) is 12.4 Å². The first-order chi connectivity index (χ1) is 4.29. The van der Waals surface area contributed by atoms with E-state index in [1.54, 1.807) is 6.92 Å². The smallest absolute Gasteiger partial charge is 0.137 e. The van der Waals surface area contributed by atoms with Crippen molar-refractivity contribution in [2.75, 3.05) is 6.61 Å². The fourth-order valence-electron chi connectivity index (χ4n) is 0.837. The van der Waals surface area contributed by atoms with Crippen LogP contribution in [0.5, 0.6) is 0 Å². The van der Waals surface area contributed by atoms with Gasteiger partial charge >= 0.3 is 0 Å². The molecule has 0 saturated carbocycles. The van der Waals surface area contributed by atoms with Crippen LogP contribution in [-0.2, 0) is 9.53 Å². The maximum absolute atomic E-state index is 10.5. The van der Waals surface area contributed by atoms with Crippen LogP contribution in [0.4, 0.5) is 0 Å². The molecule has 1 aliphatic heterocycles. The van der Waals surface area contributed by atoms with Crippen LogP contribution >= 0.6 is 0 Å². The Morgan fingerprint density at radius 3 is 3.11 bits per heavy atom. The normalized spacial score (nSPS) is 16.8. The second-order valence-corrected chi connectivity index (χ2v) is 2.19. The van der Waals surface area contributed by atoms with Crippen molar-refractivity contribution in [3.05, 3.63) is 11.8 Å². The van der Waals surface area contributed by atoms with E-state index >= 15 is 0 Å². The molecule has 0 aromatic heterocycles. The number of carbonyl (C=O) groups is 1. The predicted molar refractivity (Wildman–Crippen MR) is 33.9 cm³/mol. The highest BCUT2D eigenvalue weighted by molar-refractivity contribution is 5.77. The summed E-state index contributed by atoms with van der Waals surface area (Å²) in [7, 11) is 0. The Labute approximate surface area is 54.5 Å². The third-order valence-electron chi connectivity index (χ3n) is 1.20. The third-order valence-corrected chi connectivity index (χ3v) is 1.20. The first kappa shape index (κ1) is 6.33. The molecule has 0 N–H and O–H groups in total. The Morgan fingerprint density at radius 1 is 1.89 bits per heavy atom. The summed E-state index contributed by atoms with van der Waals surface area (Å²) in [4.78, 5) is 10.5. The van der Waals surface area contributed by atoms with Gasteiger partial charge in [0.15, 0.2) is 0 Å². The number of allylic oxidation sites excluding steroid dienone is 1. The number of ether oxygens (including phenoxy) is 1. The summed E-state index contributed by atoms with van der Waals surface area (Å²) in [5.74, 6) is 1.02. The minimum Gasteiger partial charge on any atom is -0.497 e. The zero-order valence-electron chi connectivity index (χ0n) is 5.52. The fraction of sp³-hybridized carbons (Fsp3) is 0.571. The summed E-state index contributed by atoms with van der Waals surface area (Å²) in [5, 5.41) is 0. The molecule has 0 aromatic rings. The van der Waals surface area contributed by atoms with Crippen molar-refractivity contribution in [3.63, 3.8) is 0 Å². The Bertz CT molecular complexity index is 147. The fourth-order valence-corrected chi connectivity index (χ4v) is 0.837. The maximum Gasteiger partial charge on any atom is 0.137 e. The molecule has 0 unspecified atom stereocenters. The van der Waals surface area contributed by atoms with Gasteiger partial charge in [-0.05, 0) is 13.0 Å². The summed E-state index contributed by atoms with van der Waals surface area (Å²) < 4.78 is 5.10. The molecule has 1 heterocycles. The quantitative estimate of drug-likeness (QED) is 0.557. The highest BCUT2D eigenvalue weighted by Crippen LogP contribution is 2.12. The van der Waals surface area contributed by atoms with E-state index in [9.17, 15) is 4.79 Å². The van der Waals surface area contributed by atoms with Gasteiger partial charge in [-0.15, -0.1) is 0 Å². The number of ketones is 1. The van der Waals surface area contributed by atoms with Gasteiger partial charge in [-0.3, -0.25) is 4.79 Å². The molecule has 0 radical (unpaired) electrons. The molecule has 2 heteroatoms. The molecule has 0 fully saturated rings. The average Bonchev–Trinajstić information content (AvgIpc) is 2.15. The van der Waals surface area contributed by atoms with Gasteiger partial charge in [0.05, 0.1) is 18.8 Å². The number of carbonyl (C=O) groups excluding carboxylic acids is 1. The summed E-state index contributed by atoms with van der Waals surface area (Å²) in [6, 6.07) is 0. The van der Waals surface area contributed by atoms with Crippen molar-refractivity contribution in [1.29, 1.82) is 0 Å². The Balaban J connectivity index is 2.35. The van der Waals surface area contributed by atoms with Crippen molar-refractivity contribution in [1.82, 2.24) is 0 Å². The topological polar surface area (TPSA) is 26.3 Å². The van der Waals surface area contributed by atoms with Gasteiger partial charge in [0.2, 0.25) is 0 Å². The highest BCUT2D eigenvalue weighted by atomic mass is 16.5. The summed E-state index contributed by atoms with van der Waals surface area (Å²) in [5.41, 5.74) is 0. The number of hydrogen-bond donors (Lipinski definition) is 0. The molecule has 2 nitrogen and oxygen atoms in total. The third kappa shape index (κ3) is 1.88. The summed E-state index contributed by atoms with van der Waals surface area (Å²) >= 11 is 0. The maximum atomic E-state index is 10.5. The molecule has 0 amide bonds. The van der Waals surface area contributed by atoms with Crippen molar-refractivity contribution in [3.8, 4) is 0 Å². The van der Waals surface area contributed by atoms with E-state index in [4.69, 9.17) is 4.74 Å². The van der Waals surface area contributed by atoms with Gasteiger partial charge in [0.25, 0.3) is 0 Å². The van der Waals surface area contributed by atoms with Gasteiger partial charge in [-0.2, -0.15) is 0 Å². The zero-order valence-corrected chi connectivity index (χ0v) is 5.52. The molecule has 9 heavy (non-hydrogen) atoms. The van der Waals surface area contributed by atoms with Crippen LogP contribution in [0.3, 0.4) is 0 Å². The van der Waals surface area contributed by atoms with Crippen molar-refractivity contribution in [2.24, 2.45) is 0 Å². The van der Waals surface area contributed by atoms with E-state index in [0.29, 0.717) is 6.42 Å². The molecule has 0 aliphatic carbocycles. The molecule has 0 bridgehead atoms. The second kappa shape index (κ2) is 2.67. The molecule has 50 valence electrons. The van der Waals surface area contributed by atoms with Crippen LogP contribution in [0.1, 0.15) is 19.8 Å². The average molecular weight is 126 g/mol. The number of hydrogen-bond acceptors (Lipinski definition) is 2. The van der Waals surface area contributed by atoms with E-state index < -0.39 is 0 Å². The minimum atomic E-state index is 0.170. The molecule has 0 atom stereocenters. The van der Waals surface area contributed by atoms with Crippen molar-refractivity contribution < 1.29 is 9.53 Å². The standard InChI is InChI=1S/C7H10O2/c1-6(8)5-7-3-2-4-9-7/h3H,2,4-5H2,1H3. The van der Waals surface area contributed by atoms with E-state index in [0.717, 1.165) is 18.8 Å². The summed E-state index contributed by atoms with van der Waals surface area (Å²) in [6.07, 6.45) is 3.41. The largest absolute Gasteiger partial charge is 0.497 e. The Kier molecular flexibility index (Phi) is 1.88. The molecule has 0 saturated heterocycles. The van der Waals surface area contributed by atoms with Crippen LogP contribution in [0.2, 0.25) is 0 Å². The van der Waals surface area contributed by atoms with Gasteiger partial charge in [-0.1, -0.05) is 0 Å². The Morgan fingerprint density at radius 2 is 2.67 bits per heavy atom. The van der Waals surface area contributed by atoms with E-state index in [1.807, 2.05) is 6.08 Å². The lowest BCUT2D eigenvalue weighted by atomic mass is 10.2. The predicted octanol–water partition coefficient (Wildman–Crippen LogP) is 1.27. The monoisotopic (exact) mass is 126 g/mol. The lowest BCUT2D eigenvalue weighted by molar-refractivity contribution is -0.116. The second-order valence-electron chi connectivity index (χ2n) is 2.19. The van der Waals surface area contributed by atoms with Crippen LogP contribution < -0.4 is 0 Å². The van der Waals surface area contributed by atoms with Gasteiger partial charge in [0, 0.05) is 6.42 Å². The lowest BCUT2D eigenvalue weighted by Gasteiger charge is -1.97. The molecular formula is C7H10O2. The SMILES string of the molecule is CC(=O)CC1=CCCO1. The van der Waals surface area contributed by atoms with Gasteiger partial charge in [0.1, 0.15) is 5.78 Å². The summed E-state index contributed by atoms with van der Waals surface area (Å²) in [6.45, 7) is 2.32. The molecular weight excluding hydrogens is 116 g/mol. The van der Waals surface area contributed by atoms with Crippen LogP contribution in [0, 0.1) is 0 Å². The number of rotatable bonds is 2. The Hall–Kier alpha value is -0.790. The van der Waals surface area contributed by atoms with Gasteiger partial charge < -0.3 is 4.74 Å². The number of Topliss-reactive ketones (excluding diaryl/α,β-unsaturated/α-hetero) is 1. The first-order valence-corrected chi connectivity index (χ1v) is 3.10. The zero-order chi connectivity index (χ0) is 6.69. The van der Waals surface area contributed by atoms with Crippen LogP contribution in [0.25, 0.3) is 0 Å². The highest BCUT2D eigenvalue weighted by Gasteiger charge is 2.06. The molecule has 0 spiro atoms. The van der Waals surface area contributed by atoms with Crippen molar-refractivity contribution >= 4 is 5.78 Å². The van der Waals surface area contributed by atoms with Gasteiger partial charge in [-0.25, -0.2) is 0 Å². The molecule has 1 rings (SSSR count). The van der Waals surface area contributed by atoms with Crippen molar-refractivity contribution in [2.45, 2.75) is 19.8 Å². The molecule has 1 aliphatic rings. The molecule has 0 aromatic carbocycles. The van der Waals surface area contributed by atoms with Crippen LogP contribution in [0.15, 0.2) is 11.8 Å². The first-order valence-electron chi connectivity index (χ1n) is 3.10.